The number of hydrogen-bond donors (Lipinski definition) is 0. The Balaban J connectivity index is 0.000000741. The largest absolute Gasteiger partial charge is 0.431 e. The molecular formula is C14H21F3N2. The monoisotopic (exact) mass is 274 g/mol. The summed E-state index contributed by atoms with van der Waals surface area (Å²) in [5.41, 5.74) is 1.00. The van der Waals surface area contributed by atoms with E-state index in [0.29, 0.717) is 16.8 Å². The number of pyridine rings is 1. The van der Waals surface area contributed by atoms with Gasteiger partial charge in [0.25, 0.3) is 0 Å². The van der Waals surface area contributed by atoms with Crippen LogP contribution in [0.1, 0.15) is 44.6 Å². The maximum Gasteiger partial charge on any atom is 0.431 e. The van der Waals surface area contributed by atoms with Gasteiger partial charge in [-0.1, -0.05) is 27.7 Å². The number of hydrogen-bond acceptors (Lipinski definition) is 1. The number of halogens is 3. The first-order valence-electron chi connectivity index (χ1n) is 6.41. The second-order valence-electron chi connectivity index (χ2n) is 3.50. The fourth-order valence-electron chi connectivity index (χ4n) is 1.57. The predicted molar refractivity (Wildman–Crippen MR) is 72.4 cm³/mol. The number of aryl methyl sites for hydroxylation is 2. The van der Waals surface area contributed by atoms with Crippen LogP contribution >= 0.6 is 0 Å². The third-order valence-corrected chi connectivity index (χ3v) is 2.28. The van der Waals surface area contributed by atoms with Crippen molar-refractivity contribution in [2.45, 2.75) is 47.7 Å². The minimum atomic E-state index is -4.35. The number of alkyl halides is 3. The van der Waals surface area contributed by atoms with E-state index >= 15 is 0 Å². The van der Waals surface area contributed by atoms with Crippen molar-refractivity contribution in [1.29, 1.82) is 0 Å². The van der Waals surface area contributed by atoms with Crippen LogP contribution < -0.4 is 0 Å². The van der Waals surface area contributed by atoms with Gasteiger partial charge in [0.2, 0.25) is 0 Å². The molecule has 2 nitrogen and oxygen atoms in total. The Hall–Kier alpha value is -1.52. The third-order valence-electron chi connectivity index (χ3n) is 2.28. The Bertz CT molecular complexity index is 513. The molecule has 0 saturated carbocycles. The van der Waals surface area contributed by atoms with Crippen LogP contribution in [0.25, 0.3) is 5.52 Å². The van der Waals surface area contributed by atoms with Crippen LogP contribution in [-0.4, -0.2) is 9.38 Å². The van der Waals surface area contributed by atoms with Gasteiger partial charge in [-0.15, -0.1) is 0 Å². The van der Waals surface area contributed by atoms with E-state index < -0.39 is 11.9 Å². The molecule has 2 rings (SSSR count). The molecule has 108 valence electrons. The van der Waals surface area contributed by atoms with Crippen molar-refractivity contribution in [2.24, 2.45) is 0 Å². The maximum atomic E-state index is 12.7. The molecule has 2 aromatic rings. The van der Waals surface area contributed by atoms with E-state index in [-0.39, 0.29) is 0 Å². The molecule has 0 N–H and O–H groups in total. The summed E-state index contributed by atoms with van der Waals surface area (Å²) in [4.78, 5) is 3.87. The summed E-state index contributed by atoms with van der Waals surface area (Å²) in [7, 11) is 0. The molecule has 0 aliphatic rings. The van der Waals surface area contributed by atoms with Crippen molar-refractivity contribution in [1.82, 2.24) is 9.38 Å². The molecule has 5 heteroatoms. The first-order valence-corrected chi connectivity index (χ1v) is 6.41. The average molecular weight is 274 g/mol. The highest BCUT2D eigenvalue weighted by molar-refractivity contribution is 5.54. The number of nitrogens with zero attached hydrogens (tertiary/aromatic N) is 2. The number of aromatic nitrogens is 2. The van der Waals surface area contributed by atoms with Crippen molar-refractivity contribution in [3.8, 4) is 0 Å². The number of fused-ring (bicyclic) bond motifs is 1. The van der Waals surface area contributed by atoms with Crippen LogP contribution in [0.3, 0.4) is 0 Å². The maximum absolute atomic E-state index is 12.7. The molecule has 0 spiro atoms. The highest BCUT2D eigenvalue weighted by Gasteiger charge is 2.33. The van der Waals surface area contributed by atoms with E-state index in [9.17, 15) is 13.2 Å². The molecule has 19 heavy (non-hydrogen) atoms. The van der Waals surface area contributed by atoms with Crippen LogP contribution in [0.4, 0.5) is 13.2 Å². The van der Waals surface area contributed by atoms with Crippen LogP contribution in [0, 0.1) is 13.8 Å². The molecule has 0 amide bonds. The summed E-state index contributed by atoms with van der Waals surface area (Å²) >= 11 is 0. The molecule has 0 radical (unpaired) electrons. The molecular weight excluding hydrogens is 253 g/mol. The SMILES string of the molecule is CC.CC.Cc1cc(C(F)(F)F)n2cnc(C)c2c1. The third kappa shape index (κ3) is 3.98. The van der Waals surface area contributed by atoms with Gasteiger partial charge in [-0.05, 0) is 31.5 Å². The van der Waals surface area contributed by atoms with E-state index in [0.717, 1.165) is 10.5 Å². The van der Waals surface area contributed by atoms with Gasteiger partial charge < -0.3 is 0 Å². The predicted octanol–water partition coefficient (Wildman–Crippen LogP) is 5.02. The fraction of sp³-hybridized carbons (Fsp3) is 0.500. The van der Waals surface area contributed by atoms with Gasteiger partial charge in [-0.3, -0.25) is 4.40 Å². The van der Waals surface area contributed by atoms with Crippen LogP contribution in [0.5, 0.6) is 0 Å². The second-order valence-corrected chi connectivity index (χ2v) is 3.50. The van der Waals surface area contributed by atoms with E-state index in [2.05, 4.69) is 4.98 Å². The molecule has 0 aliphatic carbocycles. The molecule has 0 aliphatic heterocycles. The zero-order valence-electron chi connectivity index (χ0n) is 12.3. The first-order chi connectivity index (χ1) is 8.89. The normalized spacial score (nSPS) is 10.4. The van der Waals surface area contributed by atoms with Gasteiger partial charge in [0.1, 0.15) is 5.69 Å². The summed E-state index contributed by atoms with van der Waals surface area (Å²) in [5, 5.41) is 0. The lowest BCUT2D eigenvalue weighted by Gasteiger charge is -2.10. The van der Waals surface area contributed by atoms with E-state index in [1.807, 2.05) is 27.7 Å². The molecule has 2 aromatic heterocycles. The van der Waals surface area contributed by atoms with Crippen LogP contribution in [0.2, 0.25) is 0 Å². The molecule has 0 unspecified atom stereocenters. The standard InChI is InChI=1S/C10H9F3N2.2C2H6/c1-6-3-8-7(2)14-5-15(8)9(4-6)10(11,12)13;2*1-2/h3-5H,1-2H3;2*1-2H3. The summed E-state index contributed by atoms with van der Waals surface area (Å²) in [6.45, 7) is 11.3. The fourth-order valence-corrected chi connectivity index (χ4v) is 1.57. The molecule has 0 aromatic carbocycles. The lowest BCUT2D eigenvalue weighted by Crippen LogP contribution is -2.11. The zero-order valence-corrected chi connectivity index (χ0v) is 12.3. The lowest BCUT2D eigenvalue weighted by atomic mass is 10.2. The van der Waals surface area contributed by atoms with Gasteiger partial charge in [-0.25, -0.2) is 4.98 Å². The van der Waals surface area contributed by atoms with Gasteiger partial charge in [-0.2, -0.15) is 13.2 Å². The first kappa shape index (κ1) is 17.5. The Morgan fingerprint density at radius 1 is 1.00 bits per heavy atom. The van der Waals surface area contributed by atoms with Crippen molar-refractivity contribution in [3.05, 3.63) is 35.4 Å². The minimum Gasteiger partial charge on any atom is -0.295 e. The topological polar surface area (TPSA) is 17.3 Å². The summed E-state index contributed by atoms with van der Waals surface area (Å²) in [6.07, 6.45) is -3.15. The van der Waals surface area contributed by atoms with Crippen LogP contribution in [-0.2, 0) is 6.18 Å². The Morgan fingerprint density at radius 3 is 2.00 bits per heavy atom. The minimum absolute atomic E-state index is 0.502. The van der Waals surface area contributed by atoms with Gasteiger partial charge in [0.05, 0.1) is 17.5 Å². The van der Waals surface area contributed by atoms with Gasteiger partial charge >= 0.3 is 6.18 Å². The summed E-state index contributed by atoms with van der Waals surface area (Å²) in [6, 6.07) is 2.81. The van der Waals surface area contributed by atoms with Gasteiger partial charge in [0, 0.05) is 0 Å². The number of imidazole rings is 1. The second kappa shape index (κ2) is 7.16. The average Bonchev–Trinajstić information content (AvgIpc) is 2.74. The van der Waals surface area contributed by atoms with E-state index in [4.69, 9.17) is 0 Å². The quantitative estimate of drug-likeness (QED) is 0.659. The molecule has 0 fully saturated rings. The van der Waals surface area contributed by atoms with Crippen molar-refractivity contribution >= 4 is 5.52 Å². The number of rotatable bonds is 0. The van der Waals surface area contributed by atoms with Crippen molar-refractivity contribution in [3.63, 3.8) is 0 Å². The van der Waals surface area contributed by atoms with Crippen molar-refractivity contribution in [2.75, 3.05) is 0 Å². The summed E-state index contributed by atoms with van der Waals surface area (Å²) in [5.74, 6) is 0. The van der Waals surface area contributed by atoms with Crippen LogP contribution in [0.15, 0.2) is 18.5 Å². The summed E-state index contributed by atoms with van der Waals surface area (Å²) < 4.78 is 39.0. The van der Waals surface area contributed by atoms with E-state index in [1.165, 1.54) is 6.33 Å². The molecule has 0 bridgehead atoms. The molecule has 2 heterocycles. The highest BCUT2D eigenvalue weighted by atomic mass is 19.4. The van der Waals surface area contributed by atoms with E-state index in [1.54, 1.807) is 19.9 Å². The van der Waals surface area contributed by atoms with Crippen molar-refractivity contribution < 1.29 is 13.2 Å². The molecule has 0 saturated heterocycles. The lowest BCUT2D eigenvalue weighted by molar-refractivity contribution is -0.142. The smallest absolute Gasteiger partial charge is 0.295 e. The van der Waals surface area contributed by atoms with Gasteiger partial charge in [0.15, 0.2) is 0 Å². The Kier molecular flexibility index (Phi) is 6.59. The highest BCUT2D eigenvalue weighted by Crippen LogP contribution is 2.31. The Morgan fingerprint density at radius 2 is 1.53 bits per heavy atom. The Labute approximate surface area is 112 Å². The zero-order chi connectivity index (χ0) is 15.2. The molecule has 0 atom stereocenters.